The molecule has 0 unspecified atom stereocenters. The van der Waals surface area contributed by atoms with Crippen LogP contribution in [0, 0.1) is 5.92 Å². The van der Waals surface area contributed by atoms with Crippen molar-refractivity contribution in [3.63, 3.8) is 0 Å². The van der Waals surface area contributed by atoms with E-state index < -0.39 is 11.7 Å². The number of hydrogen-bond acceptors (Lipinski definition) is 5. The zero-order chi connectivity index (χ0) is 18.3. The number of rotatable bonds is 2. The fourth-order valence-electron chi connectivity index (χ4n) is 3.65. The molecule has 1 fully saturated rings. The van der Waals surface area contributed by atoms with Crippen molar-refractivity contribution >= 4 is 16.7 Å². The number of hydrogen-bond donors (Lipinski definition) is 0. The molecule has 136 valence electrons. The van der Waals surface area contributed by atoms with E-state index in [0.717, 1.165) is 19.0 Å². The minimum absolute atomic E-state index is 0.107. The van der Waals surface area contributed by atoms with E-state index in [-0.39, 0.29) is 17.1 Å². The zero-order valence-electron chi connectivity index (χ0n) is 14.1. The third-order valence-corrected chi connectivity index (χ3v) is 4.70. The van der Waals surface area contributed by atoms with E-state index in [1.165, 1.54) is 18.5 Å². The summed E-state index contributed by atoms with van der Waals surface area (Å²) < 4.78 is 41.7. The van der Waals surface area contributed by atoms with Gasteiger partial charge in [0, 0.05) is 31.7 Å². The molecule has 0 radical (unpaired) electrons. The van der Waals surface area contributed by atoms with Crippen LogP contribution in [0.4, 0.5) is 18.9 Å². The smallest absolute Gasteiger partial charge is 0.367 e. The van der Waals surface area contributed by atoms with Crippen LogP contribution >= 0.6 is 0 Å². The molecule has 2 atom stereocenters. The summed E-state index contributed by atoms with van der Waals surface area (Å²) in [6.07, 6.45) is 2.62. The van der Waals surface area contributed by atoms with Crippen LogP contribution in [0.25, 0.3) is 11.0 Å². The van der Waals surface area contributed by atoms with E-state index in [4.69, 9.17) is 0 Å². The number of halogens is 3. The Morgan fingerprint density at radius 3 is 2.50 bits per heavy atom. The first-order valence-electron chi connectivity index (χ1n) is 8.35. The number of aromatic nitrogens is 5. The van der Waals surface area contributed by atoms with Crippen LogP contribution in [0.15, 0.2) is 36.9 Å². The quantitative estimate of drug-likeness (QED) is 0.700. The molecule has 0 N–H and O–H groups in total. The van der Waals surface area contributed by atoms with Gasteiger partial charge in [-0.3, -0.25) is 9.97 Å². The molecule has 0 aliphatic carbocycles. The first-order chi connectivity index (χ1) is 12.4. The lowest BCUT2D eigenvalue weighted by molar-refractivity contribution is -0.136. The summed E-state index contributed by atoms with van der Waals surface area (Å²) in [6, 6.07) is 2.70. The van der Waals surface area contributed by atoms with Gasteiger partial charge in [-0.05, 0) is 24.5 Å². The Morgan fingerprint density at radius 2 is 1.81 bits per heavy atom. The summed E-state index contributed by atoms with van der Waals surface area (Å²) in [6.45, 7) is 3.49. The molecule has 3 aromatic rings. The summed E-state index contributed by atoms with van der Waals surface area (Å²) in [5.74, 6) is 0.354. The van der Waals surface area contributed by atoms with Crippen molar-refractivity contribution < 1.29 is 13.2 Å². The maximum absolute atomic E-state index is 13.3. The highest BCUT2D eigenvalue weighted by atomic mass is 19.4. The molecule has 3 heterocycles. The van der Waals surface area contributed by atoms with Crippen LogP contribution in [-0.2, 0) is 6.18 Å². The van der Waals surface area contributed by atoms with Gasteiger partial charge in [-0.1, -0.05) is 12.1 Å². The molecule has 4 rings (SSSR count). The van der Waals surface area contributed by atoms with Crippen molar-refractivity contribution in [2.24, 2.45) is 5.92 Å². The molecule has 0 bridgehead atoms. The molecule has 0 spiro atoms. The predicted octanol–water partition coefficient (Wildman–Crippen LogP) is 3.33. The van der Waals surface area contributed by atoms with Crippen LogP contribution in [0.5, 0.6) is 0 Å². The largest absolute Gasteiger partial charge is 0.418 e. The van der Waals surface area contributed by atoms with Gasteiger partial charge in [0.05, 0.1) is 23.5 Å². The van der Waals surface area contributed by atoms with Gasteiger partial charge < -0.3 is 4.90 Å². The zero-order valence-corrected chi connectivity index (χ0v) is 14.1. The highest BCUT2D eigenvalue weighted by Crippen LogP contribution is 2.38. The summed E-state index contributed by atoms with van der Waals surface area (Å²) in [5, 5.41) is 7.93. The first-order valence-corrected chi connectivity index (χ1v) is 8.35. The summed E-state index contributed by atoms with van der Waals surface area (Å²) in [7, 11) is 0. The fraction of sp³-hybridized carbons (Fsp3) is 0.412. The summed E-state index contributed by atoms with van der Waals surface area (Å²) >= 11 is 0. The third-order valence-electron chi connectivity index (χ3n) is 4.70. The van der Waals surface area contributed by atoms with Crippen LogP contribution < -0.4 is 4.90 Å². The Kier molecular flexibility index (Phi) is 4.01. The third kappa shape index (κ3) is 2.97. The molecule has 1 aliphatic rings. The highest BCUT2D eigenvalue weighted by molar-refractivity contribution is 5.90. The normalized spacial score (nSPS) is 21.3. The van der Waals surface area contributed by atoms with Crippen LogP contribution in [-0.4, -0.2) is 38.1 Å². The monoisotopic (exact) mass is 362 g/mol. The molecule has 0 amide bonds. The number of benzene rings is 1. The van der Waals surface area contributed by atoms with E-state index in [0.29, 0.717) is 18.2 Å². The van der Waals surface area contributed by atoms with Crippen molar-refractivity contribution in [1.29, 1.82) is 0 Å². The van der Waals surface area contributed by atoms with Gasteiger partial charge in [0.1, 0.15) is 11.0 Å². The second-order valence-corrected chi connectivity index (χ2v) is 6.67. The SMILES string of the molecule is C[C@H]1C[C@@H](n2ccnn2)CN(c2ccc(C(F)(F)F)c3nccnc23)C1. The number of alkyl halides is 3. The molecule has 6 nitrogen and oxygen atoms in total. The molecule has 1 aromatic carbocycles. The van der Waals surface area contributed by atoms with E-state index in [2.05, 4.69) is 32.1 Å². The standard InChI is InChI=1S/C17H17F3N6/c1-11-8-12(26-7-6-23-24-26)10-25(9-11)14-3-2-13(17(18,19)20)15-16(14)22-5-4-21-15/h2-7,11-12H,8-10H2,1H3/t11-,12+/m0/s1. The lowest BCUT2D eigenvalue weighted by atomic mass is 9.95. The van der Waals surface area contributed by atoms with Gasteiger partial charge in [-0.15, -0.1) is 5.10 Å². The number of piperidine rings is 1. The minimum Gasteiger partial charge on any atom is -0.367 e. The fourth-order valence-corrected chi connectivity index (χ4v) is 3.65. The second-order valence-electron chi connectivity index (χ2n) is 6.67. The molecule has 2 aromatic heterocycles. The average molecular weight is 362 g/mol. The van der Waals surface area contributed by atoms with Gasteiger partial charge in [-0.25, -0.2) is 4.68 Å². The van der Waals surface area contributed by atoms with Crippen molar-refractivity contribution in [2.75, 3.05) is 18.0 Å². The molecule has 9 heteroatoms. The lowest BCUT2D eigenvalue weighted by Crippen LogP contribution is -2.41. The maximum atomic E-state index is 13.3. The first kappa shape index (κ1) is 16.7. The molecule has 26 heavy (non-hydrogen) atoms. The van der Waals surface area contributed by atoms with Gasteiger partial charge in [0.2, 0.25) is 0 Å². The van der Waals surface area contributed by atoms with Crippen molar-refractivity contribution in [3.05, 3.63) is 42.5 Å². The van der Waals surface area contributed by atoms with E-state index >= 15 is 0 Å². The molecular formula is C17H17F3N6. The van der Waals surface area contributed by atoms with Crippen LogP contribution in [0.2, 0.25) is 0 Å². The lowest BCUT2D eigenvalue weighted by Gasteiger charge is -2.38. The van der Waals surface area contributed by atoms with E-state index in [9.17, 15) is 13.2 Å². The van der Waals surface area contributed by atoms with Crippen LogP contribution in [0.1, 0.15) is 24.9 Å². The molecule has 1 aliphatic heterocycles. The Labute approximate surface area is 147 Å². The van der Waals surface area contributed by atoms with E-state index in [1.54, 1.807) is 10.9 Å². The minimum atomic E-state index is -4.47. The molecule has 1 saturated heterocycles. The predicted molar refractivity (Wildman–Crippen MR) is 89.6 cm³/mol. The highest BCUT2D eigenvalue weighted by Gasteiger charge is 2.35. The van der Waals surface area contributed by atoms with Crippen molar-refractivity contribution in [2.45, 2.75) is 25.6 Å². The maximum Gasteiger partial charge on any atom is 0.418 e. The number of fused-ring (bicyclic) bond motifs is 1. The average Bonchev–Trinajstić information content (AvgIpc) is 3.14. The molecular weight excluding hydrogens is 345 g/mol. The Morgan fingerprint density at radius 1 is 1.04 bits per heavy atom. The number of nitrogens with zero attached hydrogens (tertiary/aromatic N) is 6. The summed E-state index contributed by atoms with van der Waals surface area (Å²) in [4.78, 5) is 10.2. The van der Waals surface area contributed by atoms with Gasteiger partial charge in [0.25, 0.3) is 0 Å². The van der Waals surface area contributed by atoms with Gasteiger partial charge >= 0.3 is 6.18 Å². The molecule has 0 saturated carbocycles. The Hall–Kier alpha value is -2.71. The topological polar surface area (TPSA) is 59.7 Å². The van der Waals surface area contributed by atoms with Crippen molar-refractivity contribution in [1.82, 2.24) is 25.0 Å². The van der Waals surface area contributed by atoms with Gasteiger partial charge in [-0.2, -0.15) is 13.2 Å². The summed E-state index contributed by atoms with van der Waals surface area (Å²) in [5.41, 5.74) is 0.0572. The Balaban J connectivity index is 1.77. The van der Waals surface area contributed by atoms with Crippen molar-refractivity contribution in [3.8, 4) is 0 Å². The Bertz CT molecular complexity index is 909. The number of anilines is 1. The van der Waals surface area contributed by atoms with Gasteiger partial charge in [0.15, 0.2) is 0 Å². The van der Waals surface area contributed by atoms with Crippen LogP contribution in [0.3, 0.4) is 0 Å². The van der Waals surface area contributed by atoms with E-state index in [1.807, 2.05) is 6.20 Å². The second kappa shape index (κ2) is 6.22.